The van der Waals surface area contributed by atoms with Gasteiger partial charge in [0.25, 0.3) is 5.91 Å². The lowest BCUT2D eigenvalue weighted by Crippen LogP contribution is -2.56. The smallest absolute Gasteiger partial charge is 0.274 e. The van der Waals surface area contributed by atoms with E-state index < -0.39 is 6.67 Å². The molecule has 2 aromatic carbocycles. The summed E-state index contributed by atoms with van der Waals surface area (Å²) in [5.41, 5.74) is 5.56. The van der Waals surface area contributed by atoms with Crippen LogP contribution in [0.15, 0.2) is 65.6 Å². The van der Waals surface area contributed by atoms with E-state index in [9.17, 15) is 14.0 Å². The van der Waals surface area contributed by atoms with Gasteiger partial charge in [-0.25, -0.2) is 0 Å². The van der Waals surface area contributed by atoms with Crippen molar-refractivity contribution < 1.29 is 9.18 Å². The summed E-state index contributed by atoms with van der Waals surface area (Å²) in [6.07, 6.45) is 3.86. The zero-order valence-corrected chi connectivity index (χ0v) is 18.1. The number of pyridine rings is 1. The van der Waals surface area contributed by atoms with Gasteiger partial charge in [-0.15, -0.1) is 0 Å². The number of rotatable bonds is 4. The van der Waals surface area contributed by atoms with Gasteiger partial charge in [-0.05, 0) is 48.4 Å². The fourth-order valence-corrected chi connectivity index (χ4v) is 5.00. The van der Waals surface area contributed by atoms with Crippen LogP contribution in [0.2, 0.25) is 0 Å². The number of carbonyl (C=O) groups excluding carboxylic acids is 1. The molecule has 5 nitrogen and oxygen atoms in total. The highest BCUT2D eigenvalue weighted by Gasteiger charge is 2.37. The van der Waals surface area contributed by atoms with Crippen molar-refractivity contribution >= 4 is 5.91 Å². The summed E-state index contributed by atoms with van der Waals surface area (Å²) in [6, 6.07) is 18.3. The zero-order valence-electron chi connectivity index (χ0n) is 18.1. The van der Waals surface area contributed by atoms with Gasteiger partial charge in [0.05, 0.1) is 12.7 Å². The number of aromatic nitrogens is 1. The molecule has 0 atom stereocenters. The van der Waals surface area contributed by atoms with Crippen LogP contribution >= 0.6 is 0 Å². The van der Waals surface area contributed by atoms with Gasteiger partial charge in [0.1, 0.15) is 12.4 Å². The van der Waals surface area contributed by atoms with E-state index in [0.29, 0.717) is 24.5 Å². The van der Waals surface area contributed by atoms with Crippen LogP contribution in [0.25, 0.3) is 0 Å². The molecule has 0 spiro atoms. The summed E-state index contributed by atoms with van der Waals surface area (Å²) >= 11 is 0. The molecule has 0 N–H and O–H groups in total. The third kappa shape index (κ3) is 3.30. The van der Waals surface area contributed by atoms with E-state index in [0.717, 1.165) is 12.8 Å². The van der Waals surface area contributed by atoms with Gasteiger partial charge in [0.2, 0.25) is 0 Å². The van der Waals surface area contributed by atoms with Crippen LogP contribution in [0.4, 0.5) is 4.39 Å². The number of halogens is 1. The molecule has 0 saturated heterocycles. The quantitative estimate of drug-likeness (QED) is 0.632. The maximum absolute atomic E-state index is 13.3. The number of benzene rings is 2. The largest absolute Gasteiger partial charge is 0.318 e. The fraction of sp³-hybridized carbons (Fsp3) is 0.308. The van der Waals surface area contributed by atoms with Crippen molar-refractivity contribution in [1.82, 2.24) is 9.58 Å². The van der Waals surface area contributed by atoms with E-state index in [-0.39, 0.29) is 23.8 Å². The molecule has 0 radical (unpaired) electrons. The predicted molar refractivity (Wildman–Crippen MR) is 122 cm³/mol. The summed E-state index contributed by atoms with van der Waals surface area (Å²) in [4.78, 5) is 27.4. The van der Waals surface area contributed by atoms with Crippen molar-refractivity contribution in [1.29, 1.82) is 0 Å². The first-order valence-electron chi connectivity index (χ1n) is 11.1. The van der Waals surface area contributed by atoms with Crippen molar-refractivity contribution in [2.75, 3.05) is 24.9 Å². The Balaban J connectivity index is 1.74. The Morgan fingerprint density at radius 3 is 2.19 bits per heavy atom. The van der Waals surface area contributed by atoms with E-state index in [1.165, 1.54) is 28.3 Å². The Hall–Kier alpha value is -3.41. The standard InChI is InChI=1S/C26H26FN3O2/c1-18-23(31)13-16-29-24(18)26(32)28(15-6-14-27)17-30(29)25-21-9-4-2-7-19(21)11-12-20-8-3-5-10-22(20)25/h2-5,7-10,13,16,25H,6,11-12,14-15,17H2,1H3. The molecule has 0 saturated carbocycles. The third-order valence-electron chi connectivity index (χ3n) is 6.63. The number of alkyl halides is 1. The van der Waals surface area contributed by atoms with E-state index in [1.54, 1.807) is 18.0 Å². The summed E-state index contributed by atoms with van der Waals surface area (Å²) in [7, 11) is 0. The minimum absolute atomic E-state index is 0.133. The number of hydrogen-bond donors (Lipinski definition) is 0. The molecule has 32 heavy (non-hydrogen) atoms. The Labute approximate surface area is 186 Å². The normalized spacial score (nSPS) is 15.8. The third-order valence-corrected chi connectivity index (χ3v) is 6.63. The second-order valence-electron chi connectivity index (χ2n) is 8.49. The van der Waals surface area contributed by atoms with Gasteiger partial charge in [0, 0.05) is 24.4 Å². The van der Waals surface area contributed by atoms with Crippen molar-refractivity contribution in [2.45, 2.75) is 32.2 Å². The summed E-state index contributed by atoms with van der Waals surface area (Å²) < 4.78 is 14.8. The first kappa shape index (κ1) is 20.5. The molecule has 0 unspecified atom stereocenters. The van der Waals surface area contributed by atoms with Crippen LogP contribution in [0, 0.1) is 6.92 Å². The lowest BCUT2D eigenvalue weighted by atomic mass is 9.94. The number of fused-ring (bicyclic) bond motifs is 3. The molecule has 1 amide bonds. The van der Waals surface area contributed by atoms with Crippen molar-refractivity contribution in [3.8, 4) is 0 Å². The number of aryl methyl sites for hydroxylation is 2. The summed E-state index contributed by atoms with van der Waals surface area (Å²) in [6.45, 7) is 1.84. The minimum Gasteiger partial charge on any atom is -0.318 e. The maximum atomic E-state index is 13.3. The second-order valence-corrected chi connectivity index (χ2v) is 8.49. The number of carbonyl (C=O) groups is 1. The minimum atomic E-state index is -0.487. The molecular weight excluding hydrogens is 405 g/mol. The fourth-order valence-electron chi connectivity index (χ4n) is 5.00. The van der Waals surface area contributed by atoms with Crippen LogP contribution in [0.5, 0.6) is 0 Å². The lowest BCUT2D eigenvalue weighted by Gasteiger charge is -2.44. The molecule has 1 aromatic heterocycles. The van der Waals surface area contributed by atoms with Crippen LogP contribution in [-0.4, -0.2) is 35.4 Å². The Kier molecular flexibility index (Phi) is 5.29. The van der Waals surface area contributed by atoms with Crippen LogP contribution in [0.3, 0.4) is 0 Å². The molecule has 2 aliphatic rings. The topological polar surface area (TPSA) is 45.6 Å². The molecule has 164 valence electrons. The molecular formula is C26H26FN3O2. The maximum Gasteiger partial charge on any atom is 0.274 e. The SMILES string of the molecule is Cc1c2n(ccc1=O)N(C1c3ccccc3CCc3ccccc31)CN(CCCF)C2=O. The summed E-state index contributed by atoms with van der Waals surface area (Å²) in [5, 5.41) is 2.14. The molecule has 2 heterocycles. The van der Waals surface area contributed by atoms with E-state index in [1.807, 2.05) is 16.8 Å². The molecule has 5 rings (SSSR count). The molecule has 1 aliphatic heterocycles. The van der Waals surface area contributed by atoms with Gasteiger partial charge in [0.15, 0.2) is 5.43 Å². The van der Waals surface area contributed by atoms with Gasteiger partial charge in [-0.3, -0.25) is 23.7 Å². The highest BCUT2D eigenvalue weighted by atomic mass is 19.1. The first-order chi connectivity index (χ1) is 15.6. The average Bonchev–Trinajstić information content (AvgIpc) is 2.98. The van der Waals surface area contributed by atoms with Crippen molar-refractivity contribution in [3.05, 3.63) is 105 Å². The number of hydrogen-bond acceptors (Lipinski definition) is 3. The van der Waals surface area contributed by atoms with Gasteiger partial charge < -0.3 is 4.90 Å². The van der Waals surface area contributed by atoms with E-state index in [4.69, 9.17) is 0 Å². The van der Waals surface area contributed by atoms with Crippen LogP contribution < -0.4 is 10.4 Å². The van der Waals surface area contributed by atoms with Gasteiger partial charge >= 0.3 is 0 Å². The highest BCUT2D eigenvalue weighted by molar-refractivity contribution is 5.95. The Morgan fingerprint density at radius 1 is 0.938 bits per heavy atom. The Bertz CT molecular complexity index is 1190. The van der Waals surface area contributed by atoms with E-state index >= 15 is 0 Å². The molecule has 0 fully saturated rings. The van der Waals surface area contributed by atoms with E-state index in [2.05, 4.69) is 41.4 Å². The van der Waals surface area contributed by atoms with Gasteiger partial charge in [-0.2, -0.15) is 0 Å². The lowest BCUT2D eigenvalue weighted by molar-refractivity contribution is 0.0678. The zero-order chi connectivity index (χ0) is 22.2. The van der Waals surface area contributed by atoms with Gasteiger partial charge in [-0.1, -0.05) is 48.5 Å². The first-order valence-corrected chi connectivity index (χ1v) is 11.1. The average molecular weight is 432 g/mol. The molecule has 1 aliphatic carbocycles. The van der Waals surface area contributed by atoms with Crippen molar-refractivity contribution in [2.24, 2.45) is 0 Å². The number of amides is 1. The van der Waals surface area contributed by atoms with Crippen molar-refractivity contribution in [3.63, 3.8) is 0 Å². The predicted octanol–water partition coefficient (Wildman–Crippen LogP) is 3.76. The monoisotopic (exact) mass is 431 g/mol. The van der Waals surface area contributed by atoms with Crippen LogP contribution in [-0.2, 0) is 12.8 Å². The Morgan fingerprint density at radius 2 is 1.56 bits per heavy atom. The highest BCUT2D eigenvalue weighted by Crippen LogP contribution is 2.37. The molecule has 3 aromatic rings. The number of nitrogens with zero attached hydrogens (tertiary/aromatic N) is 3. The summed E-state index contributed by atoms with van der Waals surface area (Å²) in [5.74, 6) is -0.222. The second kappa shape index (κ2) is 8.26. The molecule has 0 bridgehead atoms. The van der Waals surface area contributed by atoms with Crippen LogP contribution in [0.1, 0.15) is 50.8 Å². The molecule has 6 heteroatoms.